The molecule has 8 heteroatoms. The molecule has 124 valence electrons. The molecular weight excluding hydrogens is 298 g/mol. The predicted octanol–water partition coefficient (Wildman–Crippen LogP) is -0.204. The Hall–Kier alpha value is -0.250. The van der Waals surface area contributed by atoms with E-state index in [-0.39, 0.29) is 18.4 Å². The lowest BCUT2D eigenvalue weighted by molar-refractivity contribution is -0.0801. The van der Waals surface area contributed by atoms with Gasteiger partial charge in [0.2, 0.25) is 0 Å². The Labute approximate surface area is 125 Å². The number of piperidine rings is 1. The number of aliphatic hydroxyl groups excluding tert-OH is 1. The zero-order chi connectivity index (χ0) is 15.6. The molecule has 7 nitrogen and oxygen atoms in total. The molecule has 0 bridgehead atoms. The van der Waals surface area contributed by atoms with Crippen LogP contribution in [0.4, 0.5) is 0 Å². The van der Waals surface area contributed by atoms with Crippen molar-refractivity contribution in [2.45, 2.75) is 55.3 Å². The van der Waals surface area contributed by atoms with Gasteiger partial charge in [0, 0.05) is 20.3 Å². The number of methoxy groups -OCH3 is 2. The highest BCUT2D eigenvalue weighted by Gasteiger charge is 2.47. The number of rotatable bonds is 4. The number of hydrogen-bond acceptors (Lipinski definition) is 6. The van der Waals surface area contributed by atoms with Gasteiger partial charge in [0.25, 0.3) is 10.1 Å². The Morgan fingerprint density at radius 1 is 1.19 bits per heavy atom. The van der Waals surface area contributed by atoms with E-state index in [9.17, 15) is 18.1 Å². The van der Waals surface area contributed by atoms with Gasteiger partial charge in [0.1, 0.15) is 11.4 Å². The van der Waals surface area contributed by atoms with Crippen LogP contribution in [0.1, 0.15) is 25.7 Å². The van der Waals surface area contributed by atoms with Crippen molar-refractivity contribution >= 4 is 10.1 Å². The molecular formula is C13H25NO6S. The van der Waals surface area contributed by atoms with Crippen molar-refractivity contribution in [2.75, 3.05) is 20.8 Å². The third-order valence-electron chi connectivity index (χ3n) is 4.74. The van der Waals surface area contributed by atoms with Crippen LogP contribution in [0.2, 0.25) is 0 Å². The van der Waals surface area contributed by atoms with Crippen molar-refractivity contribution in [3.63, 3.8) is 0 Å². The van der Waals surface area contributed by atoms with Crippen LogP contribution in [0.15, 0.2) is 0 Å². The van der Waals surface area contributed by atoms with Crippen molar-refractivity contribution in [3.05, 3.63) is 0 Å². The lowest BCUT2D eigenvalue weighted by Gasteiger charge is -2.44. The summed E-state index contributed by atoms with van der Waals surface area (Å²) in [7, 11) is -1.31. The zero-order valence-electron chi connectivity index (χ0n) is 12.4. The van der Waals surface area contributed by atoms with Crippen LogP contribution in [0, 0.1) is 5.92 Å². The first-order valence-corrected chi connectivity index (χ1v) is 8.82. The van der Waals surface area contributed by atoms with E-state index in [4.69, 9.17) is 9.47 Å². The first-order chi connectivity index (χ1) is 9.88. The highest BCUT2D eigenvalue weighted by atomic mass is 32.2. The monoisotopic (exact) mass is 323 g/mol. The Kier molecular flexibility index (Phi) is 5.61. The van der Waals surface area contributed by atoms with Crippen molar-refractivity contribution < 1.29 is 27.6 Å². The van der Waals surface area contributed by atoms with E-state index >= 15 is 0 Å². The number of ether oxygens (including phenoxy) is 2. The molecule has 3 N–H and O–H groups in total. The Bertz CT molecular complexity index is 442. The summed E-state index contributed by atoms with van der Waals surface area (Å²) in [4.78, 5) is 0. The largest absolute Gasteiger partial charge is 0.391 e. The fourth-order valence-electron chi connectivity index (χ4n) is 3.70. The molecule has 0 amide bonds. The maximum atomic E-state index is 11.7. The maximum absolute atomic E-state index is 11.7. The summed E-state index contributed by atoms with van der Waals surface area (Å²) in [6, 6.07) is -0.168. The molecule has 1 saturated carbocycles. The van der Waals surface area contributed by atoms with Gasteiger partial charge in [-0.2, -0.15) is 8.42 Å². The smallest absolute Gasteiger partial charge is 0.270 e. The van der Waals surface area contributed by atoms with E-state index in [1.54, 1.807) is 0 Å². The molecule has 2 fully saturated rings. The van der Waals surface area contributed by atoms with Crippen LogP contribution in [0.3, 0.4) is 0 Å². The van der Waals surface area contributed by atoms with Crippen LogP contribution in [0.25, 0.3) is 0 Å². The standard InChI is InChI=1S/C13H25NO6S/c1-19-10-6-8(12-9(15)4-3-5-14-12)7-11(13(10)20-2)21(16,17)18/h8-15H,3-7H2,1-2H3,(H,16,17,18). The van der Waals surface area contributed by atoms with E-state index in [1.165, 1.54) is 14.2 Å². The van der Waals surface area contributed by atoms with E-state index < -0.39 is 33.7 Å². The lowest BCUT2D eigenvalue weighted by atomic mass is 9.77. The summed E-state index contributed by atoms with van der Waals surface area (Å²) in [5, 5.41) is 12.4. The van der Waals surface area contributed by atoms with Crippen LogP contribution < -0.4 is 5.32 Å². The topological polar surface area (TPSA) is 105 Å². The molecule has 1 saturated heterocycles. The molecule has 0 spiro atoms. The quantitative estimate of drug-likeness (QED) is 0.615. The highest BCUT2D eigenvalue weighted by molar-refractivity contribution is 7.86. The van der Waals surface area contributed by atoms with E-state index in [0.29, 0.717) is 12.8 Å². The minimum atomic E-state index is -4.23. The molecule has 2 aliphatic rings. The van der Waals surface area contributed by atoms with Crippen molar-refractivity contribution in [1.29, 1.82) is 0 Å². The first-order valence-electron chi connectivity index (χ1n) is 7.31. The van der Waals surface area contributed by atoms with E-state index in [2.05, 4.69) is 5.32 Å². The van der Waals surface area contributed by atoms with Gasteiger partial charge in [-0.15, -0.1) is 0 Å². The third-order valence-corrected chi connectivity index (χ3v) is 5.97. The van der Waals surface area contributed by atoms with E-state index in [1.807, 2.05) is 0 Å². The molecule has 0 aromatic rings. The molecule has 6 unspecified atom stereocenters. The van der Waals surface area contributed by atoms with Crippen LogP contribution in [0.5, 0.6) is 0 Å². The van der Waals surface area contributed by atoms with Gasteiger partial charge < -0.3 is 19.9 Å². The van der Waals surface area contributed by atoms with Crippen LogP contribution in [-0.2, 0) is 19.6 Å². The number of nitrogens with one attached hydrogen (secondary N) is 1. The van der Waals surface area contributed by atoms with Crippen molar-refractivity contribution in [3.8, 4) is 0 Å². The van der Waals surface area contributed by atoms with Gasteiger partial charge in [0.15, 0.2) is 0 Å². The Balaban J connectivity index is 2.21. The number of aliphatic hydroxyl groups is 1. The second-order valence-corrected chi connectivity index (χ2v) is 7.58. The third kappa shape index (κ3) is 3.75. The molecule has 0 aromatic carbocycles. The normalized spacial score (nSPS) is 41.9. The fourth-order valence-corrected chi connectivity index (χ4v) is 4.81. The van der Waals surface area contributed by atoms with Crippen molar-refractivity contribution in [2.24, 2.45) is 5.92 Å². The van der Waals surface area contributed by atoms with E-state index in [0.717, 1.165) is 13.0 Å². The SMILES string of the molecule is COC1CC(C2NCCCC2O)CC(S(=O)(=O)O)C1OC. The van der Waals surface area contributed by atoms with Gasteiger partial charge >= 0.3 is 0 Å². The molecule has 1 heterocycles. The molecule has 21 heavy (non-hydrogen) atoms. The van der Waals surface area contributed by atoms with Gasteiger partial charge in [-0.05, 0) is 38.1 Å². The molecule has 6 atom stereocenters. The average Bonchev–Trinajstić information content (AvgIpc) is 2.45. The summed E-state index contributed by atoms with van der Waals surface area (Å²) in [5.74, 6) is -0.0800. The Morgan fingerprint density at radius 2 is 1.90 bits per heavy atom. The lowest BCUT2D eigenvalue weighted by Crippen LogP contribution is -2.57. The average molecular weight is 323 g/mol. The number of hydrogen-bond donors (Lipinski definition) is 3. The summed E-state index contributed by atoms with van der Waals surface area (Å²) < 4.78 is 43.4. The summed E-state index contributed by atoms with van der Waals surface area (Å²) in [6.07, 6.45) is 0.846. The summed E-state index contributed by atoms with van der Waals surface area (Å²) in [5.41, 5.74) is 0. The Morgan fingerprint density at radius 3 is 2.43 bits per heavy atom. The van der Waals surface area contributed by atoms with Crippen molar-refractivity contribution in [1.82, 2.24) is 5.32 Å². The zero-order valence-corrected chi connectivity index (χ0v) is 13.3. The van der Waals surface area contributed by atoms with Crippen LogP contribution in [-0.4, -0.2) is 68.4 Å². The molecule has 2 rings (SSSR count). The summed E-state index contributed by atoms with van der Waals surface area (Å²) in [6.45, 7) is 0.806. The minimum Gasteiger partial charge on any atom is -0.391 e. The second kappa shape index (κ2) is 6.89. The molecule has 1 aliphatic heterocycles. The fraction of sp³-hybridized carbons (Fsp3) is 1.00. The molecule has 1 aliphatic carbocycles. The van der Waals surface area contributed by atoms with Gasteiger partial charge in [-0.3, -0.25) is 4.55 Å². The maximum Gasteiger partial charge on any atom is 0.270 e. The highest BCUT2D eigenvalue weighted by Crippen LogP contribution is 2.36. The van der Waals surface area contributed by atoms with Gasteiger partial charge in [-0.1, -0.05) is 0 Å². The second-order valence-electron chi connectivity index (χ2n) is 5.95. The van der Waals surface area contributed by atoms with Crippen LogP contribution >= 0.6 is 0 Å². The predicted molar refractivity (Wildman–Crippen MR) is 76.7 cm³/mol. The summed E-state index contributed by atoms with van der Waals surface area (Å²) >= 11 is 0. The van der Waals surface area contributed by atoms with Gasteiger partial charge in [0.05, 0.1) is 12.2 Å². The van der Waals surface area contributed by atoms with Gasteiger partial charge in [-0.25, -0.2) is 0 Å². The minimum absolute atomic E-state index is 0.0800. The molecule has 0 radical (unpaired) electrons. The first kappa shape index (κ1) is 17.1. The molecule has 0 aromatic heterocycles.